The normalized spacial score (nSPS) is 11.5. The van der Waals surface area contributed by atoms with Crippen LogP contribution >= 0.6 is 0 Å². The number of benzene rings is 2. The predicted octanol–water partition coefficient (Wildman–Crippen LogP) is 1.77. The number of carbonyl (C=O) groups is 1. The van der Waals surface area contributed by atoms with Crippen LogP contribution in [0.15, 0.2) is 52.1 Å². The summed E-state index contributed by atoms with van der Waals surface area (Å²) in [4.78, 5) is 41.2. The van der Waals surface area contributed by atoms with Gasteiger partial charge in [-0.25, -0.2) is 4.79 Å². The summed E-state index contributed by atoms with van der Waals surface area (Å²) < 4.78 is 51.6. The molecule has 0 saturated heterocycles. The van der Waals surface area contributed by atoms with Gasteiger partial charge in [-0.05, 0) is 43.9 Å². The highest BCUT2D eigenvalue weighted by Crippen LogP contribution is 2.30. The molecule has 1 heterocycles. The Morgan fingerprint density at radius 3 is 2.38 bits per heavy atom. The molecular formula is C24H26F3N5O5. The molecule has 0 bridgehead atoms. The summed E-state index contributed by atoms with van der Waals surface area (Å²) in [5.41, 5.74) is -3.35. The van der Waals surface area contributed by atoms with Gasteiger partial charge in [0.1, 0.15) is 0 Å². The standard InChI is InChI=1S/C24H26F3N5O5/c1-30(2)11-10-28-21(33)20-22(34)31(14-15-6-5-7-16(12-15)24(25,26)27)23(35)32(29-20)17-8-9-18(36-3)19(13-17)37-4/h5-9,12-13H,10-11,14H2,1-4H3,(H,28,33). The second-order valence-electron chi connectivity index (χ2n) is 8.23. The minimum Gasteiger partial charge on any atom is -0.493 e. The number of halogens is 3. The number of aromatic nitrogens is 3. The van der Waals surface area contributed by atoms with Crippen molar-refractivity contribution >= 4 is 5.91 Å². The molecule has 0 aliphatic rings. The third kappa shape index (κ3) is 6.36. The second-order valence-corrected chi connectivity index (χ2v) is 8.23. The van der Waals surface area contributed by atoms with E-state index in [2.05, 4.69) is 10.4 Å². The van der Waals surface area contributed by atoms with Gasteiger partial charge in [0.05, 0.1) is 32.0 Å². The largest absolute Gasteiger partial charge is 0.493 e. The van der Waals surface area contributed by atoms with E-state index in [4.69, 9.17) is 9.47 Å². The zero-order valence-electron chi connectivity index (χ0n) is 20.6. The summed E-state index contributed by atoms with van der Waals surface area (Å²) in [6.07, 6.45) is -4.61. The van der Waals surface area contributed by atoms with E-state index in [1.807, 2.05) is 4.90 Å². The fraction of sp³-hybridized carbons (Fsp3) is 0.333. The summed E-state index contributed by atoms with van der Waals surface area (Å²) >= 11 is 0. The van der Waals surface area contributed by atoms with Gasteiger partial charge in [0.15, 0.2) is 11.5 Å². The molecule has 37 heavy (non-hydrogen) atoms. The highest BCUT2D eigenvalue weighted by atomic mass is 19.4. The number of nitrogens with zero attached hydrogens (tertiary/aromatic N) is 4. The Balaban J connectivity index is 2.17. The average molecular weight is 521 g/mol. The van der Waals surface area contributed by atoms with Gasteiger partial charge in [-0.3, -0.25) is 14.2 Å². The maximum Gasteiger partial charge on any atom is 0.416 e. The molecule has 0 aliphatic heterocycles. The first-order valence-electron chi connectivity index (χ1n) is 11.0. The third-order valence-electron chi connectivity index (χ3n) is 5.33. The minimum atomic E-state index is -4.61. The lowest BCUT2D eigenvalue weighted by Gasteiger charge is -2.15. The van der Waals surface area contributed by atoms with Crippen molar-refractivity contribution in [2.75, 3.05) is 41.4 Å². The smallest absolute Gasteiger partial charge is 0.416 e. The van der Waals surface area contributed by atoms with Gasteiger partial charge in [0.2, 0.25) is 5.69 Å². The topological polar surface area (TPSA) is 108 Å². The fourth-order valence-corrected chi connectivity index (χ4v) is 3.43. The molecule has 13 heteroatoms. The van der Waals surface area contributed by atoms with E-state index in [0.29, 0.717) is 16.9 Å². The predicted molar refractivity (Wildman–Crippen MR) is 129 cm³/mol. The van der Waals surface area contributed by atoms with Gasteiger partial charge >= 0.3 is 11.9 Å². The van der Waals surface area contributed by atoms with Gasteiger partial charge < -0.3 is 19.7 Å². The van der Waals surface area contributed by atoms with Gasteiger partial charge in [-0.2, -0.15) is 23.0 Å². The zero-order chi connectivity index (χ0) is 27.3. The highest BCUT2D eigenvalue weighted by molar-refractivity contribution is 5.91. The Labute approximate surface area is 209 Å². The summed E-state index contributed by atoms with van der Waals surface area (Å²) in [5.74, 6) is -0.224. The maximum absolute atomic E-state index is 13.3. The number of carbonyl (C=O) groups excluding carboxylic acids is 1. The third-order valence-corrected chi connectivity index (χ3v) is 5.33. The molecular weight excluding hydrogens is 495 g/mol. The first kappa shape index (κ1) is 27.5. The van der Waals surface area contributed by atoms with E-state index in [0.717, 1.165) is 16.8 Å². The lowest BCUT2D eigenvalue weighted by atomic mass is 10.1. The summed E-state index contributed by atoms with van der Waals surface area (Å²) in [5, 5.41) is 6.56. The minimum absolute atomic E-state index is 0.0399. The highest BCUT2D eigenvalue weighted by Gasteiger charge is 2.30. The van der Waals surface area contributed by atoms with E-state index in [9.17, 15) is 27.6 Å². The molecule has 1 aromatic heterocycles. The molecule has 2 aromatic carbocycles. The number of methoxy groups -OCH3 is 2. The van der Waals surface area contributed by atoms with Crippen molar-refractivity contribution in [2.45, 2.75) is 12.7 Å². The van der Waals surface area contributed by atoms with Gasteiger partial charge in [-0.15, -0.1) is 0 Å². The molecule has 198 valence electrons. The average Bonchev–Trinajstić information content (AvgIpc) is 2.85. The monoisotopic (exact) mass is 521 g/mol. The Bertz CT molecular complexity index is 1400. The molecule has 0 saturated carbocycles. The summed E-state index contributed by atoms with van der Waals surface area (Å²) in [6.45, 7) is 0.144. The van der Waals surface area contributed by atoms with Crippen LogP contribution in [0, 0.1) is 0 Å². The first-order chi connectivity index (χ1) is 17.5. The quantitative estimate of drug-likeness (QED) is 0.457. The van der Waals surface area contributed by atoms with Crippen molar-refractivity contribution in [3.05, 3.63) is 80.1 Å². The van der Waals surface area contributed by atoms with Crippen molar-refractivity contribution in [3.63, 3.8) is 0 Å². The molecule has 0 fully saturated rings. The van der Waals surface area contributed by atoms with Crippen LogP contribution in [0.4, 0.5) is 13.2 Å². The van der Waals surface area contributed by atoms with E-state index in [1.165, 1.54) is 44.6 Å². The SMILES string of the molecule is COc1ccc(-n2nc(C(=O)NCCN(C)C)c(=O)n(Cc3cccc(C(F)(F)F)c3)c2=O)cc1OC. The molecule has 1 N–H and O–H groups in total. The number of ether oxygens (including phenoxy) is 2. The van der Waals surface area contributed by atoms with Gasteiger partial charge in [0.25, 0.3) is 11.5 Å². The Morgan fingerprint density at radius 1 is 1.05 bits per heavy atom. The van der Waals surface area contributed by atoms with Crippen LogP contribution in [-0.4, -0.2) is 66.6 Å². The molecule has 0 radical (unpaired) electrons. The Kier molecular flexibility index (Phi) is 8.38. The Morgan fingerprint density at radius 2 is 1.76 bits per heavy atom. The maximum atomic E-state index is 13.3. The van der Waals surface area contributed by atoms with E-state index < -0.39 is 41.1 Å². The van der Waals surface area contributed by atoms with Crippen LogP contribution < -0.4 is 26.0 Å². The number of amides is 1. The molecule has 0 aliphatic carbocycles. The molecule has 3 rings (SSSR count). The van der Waals surface area contributed by atoms with Crippen LogP contribution in [0.25, 0.3) is 5.69 Å². The van der Waals surface area contributed by atoms with E-state index in [1.54, 1.807) is 14.1 Å². The number of nitrogens with one attached hydrogen (secondary N) is 1. The number of hydrogen-bond acceptors (Lipinski definition) is 7. The lowest BCUT2D eigenvalue weighted by molar-refractivity contribution is -0.137. The van der Waals surface area contributed by atoms with Crippen molar-refractivity contribution < 1.29 is 27.4 Å². The molecule has 0 unspecified atom stereocenters. The van der Waals surface area contributed by atoms with Crippen LogP contribution in [0.1, 0.15) is 21.6 Å². The fourth-order valence-electron chi connectivity index (χ4n) is 3.43. The van der Waals surface area contributed by atoms with Crippen molar-refractivity contribution in [1.82, 2.24) is 24.6 Å². The number of hydrogen-bond donors (Lipinski definition) is 1. The number of alkyl halides is 3. The number of likely N-dealkylation sites (N-methyl/N-ethyl adjacent to an activating group) is 1. The summed E-state index contributed by atoms with van der Waals surface area (Å²) in [6, 6.07) is 8.61. The molecule has 0 spiro atoms. The van der Waals surface area contributed by atoms with Crippen LogP contribution in [0.3, 0.4) is 0 Å². The van der Waals surface area contributed by atoms with Crippen LogP contribution in [0.2, 0.25) is 0 Å². The first-order valence-corrected chi connectivity index (χ1v) is 11.0. The van der Waals surface area contributed by atoms with Crippen LogP contribution in [0.5, 0.6) is 11.5 Å². The van der Waals surface area contributed by atoms with Crippen molar-refractivity contribution in [3.8, 4) is 17.2 Å². The second kappa shape index (κ2) is 11.3. The van der Waals surface area contributed by atoms with Gasteiger partial charge in [-0.1, -0.05) is 12.1 Å². The summed E-state index contributed by atoms with van der Waals surface area (Å²) in [7, 11) is 6.40. The van der Waals surface area contributed by atoms with Crippen LogP contribution in [-0.2, 0) is 12.7 Å². The zero-order valence-corrected chi connectivity index (χ0v) is 20.6. The molecule has 10 nitrogen and oxygen atoms in total. The van der Waals surface area contributed by atoms with E-state index in [-0.39, 0.29) is 23.5 Å². The van der Waals surface area contributed by atoms with Gasteiger partial charge in [0, 0.05) is 19.2 Å². The Hall–Kier alpha value is -4.13. The molecule has 0 atom stereocenters. The van der Waals surface area contributed by atoms with Crippen molar-refractivity contribution in [2.24, 2.45) is 0 Å². The molecule has 1 amide bonds. The number of rotatable bonds is 9. The lowest BCUT2D eigenvalue weighted by Crippen LogP contribution is -2.46. The van der Waals surface area contributed by atoms with Crippen molar-refractivity contribution in [1.29, 1.82) is 0 Å². The molecule has 3 aromatic rings. The van der Waals surface area contributed by atoms with E-state index >= 15 is 0 Å².